The molecular weight excluding hydrogens is 783 g/mol. The number of nitrogens with zero attached hydrogens (tertiary/aromatic N) is 1. The van der Waals surface area contributed by atoms with Gasteiger partial charge in [0.2, 0.25) is 0 Å². The molecule has 0 aromatic heterocycles. The van der Waals surface area contributed by atoms with E-state index in [1.165, 1.54) is 133 Å². The van der Waals surface area contributed by atoms with Crippen molar-refractivity contribution in [3.63, 3.8) is 0 Å². The molecule has 0 spiro atoms. The third-order valence-corrected chi connectivity index (χ3v) is 16.9. The van der Waals surface area contributed by atoms with Crippen molar-refractivity contribution in [2.75, 3.05) is 4.90 Å². The number of anilines is 3. The van der Waals surface area contributed by atoms with E-state index >= 15 is 0 Å². The third kappa shape index (κ3) is 6.38. The molecule has 0 radical (unpaired) electrons. The first-order chi connectivity index (χ1) is 31.1. The van der Waals surface area contributed by atoms with Crippen LogP contribution in [0.5, 0.6) is 0 Å². The van der Waals surface area contributed by atoms with Crippen LogP contribution in [0.15, 0.2) is 146 Å². The van der Waals surface area contributed by atoms with Crippen LogP contribution < -0.4 is 4.90 Å². The average Bonchev–Trinajstić information content (AvgIpc) is 3.59. The summed E-state index contributed by atoms with van der Waals surface area (Å²) in [5.41, 5.74) is 24.5. The first-order valence-electron chi connectivity index (χ1n) is 24.7. The molecular formula is C64H67N. The number of hydrogen-bond donors (Lipinski definition) is 0. The zero-order valence-corrected chi connectivity index (χ0v) is 40.5. The lowest BCUT2D eigenvalue weighted by molar-refractivity contribution is 0.331. The Hall–Kier alpha value is -5.66. The Labute approximate surface area is 390 Å². The van der Waals surface area contributed by atoms with E-state index in [0.717, 1.165) is 19.3 Å². The van der Waals surface area contributed by atoms with E-state index in [0.29, 0.717) is 0 Å². The summed E-state index contributed by atoms with van der Waals surface area (Å²) < 4.78 is 0. The minimum Gasteiger partial charge on any atom is -0.309 e. The van der Waals surface area contributed by atoms with Crippen LogP contribution in [0.3, 0.4) is 0 Å². The molecule has 4 aliphatic rings. The highest BCUT2D eigenvalue weighted by molar-refractivity contribution is 5.98. The van der Waals surface area contributed by atoms with E-state index < -0.39 is 5.41 Å². The second-order valence-corrected chi connectivity index (χ2v) is 22.9. The van der Waals surface area contributed by atoms with Crippen LogP contribution in [-0.4, -0.2) is 0 Å². The van der Waals surface area contributed by atoms with E-state index in [9.17, 15) is 0 Å². The van der Waals surface area contributed by atoms with Gasteiger partial charge < -0.3 is 4.90 Å². The first-order valence-corrected chi connectivity index (χ1v) is 24.7. The lowest BCUT2D eigenvalue weighted by Crippen LogP contribution is -2.37. The van der Waals surface area contributed by atoms with Crippen molar-refractivity contribution in [2.45, 2.75) is 141 Å². The van der Waals surface area contributed by atoms with E-state index in [-0.39, 0.29) is 21.7 Å². The van der Waals surface area contributed by atoms with Crippen molar-refractivity contribution in [1.82, 2.24) is 0 Å². The maximum Gasteiger partial charge on any atom is 0.0714 e. The molecule has 4 aliphatic carbocycles. The summed E-state index contributed by atoms with van der Waals surface area (Å²) >= 11 is 0. The topological polar surface area (TPSA) is 3.24 Å². The Balaban J connectivity index is 1.34. The normalized spacial score (nSPS) is 19.0. The Morgan fingerprint density at radius 1 is 0.369 bits per heavy atom. The van der Waals surface area contributed by atoms with Crippen molar-refractivity contribution < 1.29 is 0 Å². The number of hydrogen-bond acceptors (Lipinski definition) is 1. The highest BCUT2D eigenvalue weighted by Crippen LogP contribution is 2.61. The molecule has 7 aromatic carbocycles. The maximum absolute atomic E-state index is 2.81. The van der Waals surface area contributed by atoms with Gasteiger partial charge in [-0.15, -0.1) is 0 Å². The van der Waals surface area contributed by atoms with Gasteiger partial charge in [-0.3, -0.25) is 0 Å². The fourth-order valence-electron chi connectivity index (χ4n) is 13.2. The second kappa shape index (κ2) is 14.9. The van der Waals surface area contributed by atoms with Crippen molar-refractivity contribution in [3.8, 4) is 22.3 Å². The van der Waals surface area contributed by atoms with E-state index in [1.807, 2.05) is 0 Å². The molecule has 0 unspecified atom stereocenters. The van der Waals surface area contributed by atoms with Crippen molar-refractivity contribution in [2.24, 2.45) is 0 Å². The molecule has 0 saturated carbocycles. The standard InChI is InChI=1S/C64H67N/c1-42-38-43-22-16-17-23-44(43)39-48(42)50-40-49-47-28-18-19-29-51(47)64(45-24-12-10-13-25-45,46-26-14-11-15-27-46)54(49)41-57(50)65(55-32-20-30-52-58(55)62(6,7)36-34-60(52,2)3)56-33-21-31-53-59(56)63(8,9)37-35-61(53,4)5/h10-15,18-21,24-33,38-41H,16-17,22-23,34-37H2,1-9H3. The SMILES string of the molecule is Cc1cc2c(cc1-c1cc3c(cc1N(c1cccc4c1C(C)(C)CCC4(C)C)c1cccc4c1C(C)(C)CCC4(C)C)C(c1ccccc1)(c1ccccc1)c1ccccc1-3)CCCC2. The fraction of sp³-hybridized carbons (Fsp3) is 0.344. The summed E-state index contributed by atoms with van der Waals surface area (Å²) in [5, 5.41) is 0. The first kappa shape index (κ1) is 42.0. The molecule has 0 aliphatic heterocycles. The molecule has 0 heterocycles. The Bertz CT molecular complexity index is 2880. The zero-order valence-electron chi connectivity index (χ0n) is 40.5. The van der Waals surface area contributed by atoms with Gasteiger partial charge in [-0.1, -0.05) is 177 Å². The lowest BCUT2D eigenvalue weighted by Gasteiger charge is -2.47. The number of fused-ring (bicyclic) bond motifs is 6. The Morgan fingerprint density at radius 2 is 0.846 bits per heavy atom. The van der Waals surface area contributed by atoms with Gasteiger partial charge in [-0.25, -0.2) is 0 Å². The molecule has 328 valence electrons. The number of aryl methyl sites for hydroxylation is 3. The molecule has 0 N–H and O–H groups in total. The molecule has 0 amide bonds. The molecule has 0 saturated heterocycles. The fourth-order valence-corrected chi connectivity index (χ4v) is 13.2. The quantitative estimate of drug-likeness (QED) is 0.161. The van der Waals surface area contributed by atoms with Crippen LogP contribution >= 0.6 is 0 Å². The average molecular weight is 850 g/mol. The van der Waals surface area contributed by atoms with E-state index in [4.69, 9.17) is 0 Å². The van der Waals surface area contributed by atoms with Crippen molar-refractivity contribution in [3.05, 3.63) is 207 Å². The predicted octanol–water partition coefficient (Wildman–Crippen LogP) is 17.1. The molecule has 0 bridgehead atoms. The summed E-state index contributed by atoms with van der Waals surface area (Å²) in [6.45, 7) is 22.4. The highest BCUT2D eigenvalue weighted by Gasteiger charge is 2.48. The summed E-state index contributed by atoms with van der Waals surface area (Å²) in [6, 6.07) is 57.2. The van der Waals surface area contributed by atoms with Crippen LogP contribution in [0.2, 0.25) is 0 Å². The van der Waals surface area contributed by atoms with Gasteiger partial charge in [0.1, 0.15) is 0 Å². The molecule has 65 heavy (non-hydrogen) atoms. The van der Waals surface area contributed by atoms with Gasteiger partial charge >= 0.3 is 0 Å². The van der Waals surface area contributed by atoms with Crippen LogP contribution in [0.25, 0.3) is 22.3 Å². The predicted molar refractivity (Wildman–Crippen MR) is 276 cm³/mol. The lowest BCUT2D eigenvalue weighted by atomic mass is 9.62. The molecule has 1 nitrogen and oxygen atoms in total. The second-order valence-electron chi connectivity index (χ2n) is 22.9. The van der Waals surface area contributed by atoms with Gasteiger partial charge in [0, 0.05) is 5.56 Å². The molecule has 1 heteroatoms. The Kier molecular flexibility index (Phi) is 9.65. The van der Waals surface area contributed by atoms with Gasteiger partial charge in [-0.2, -0.15) is 0 Å². The van der Waals surface area contributed by atoms with Gasteiger partial charge in [0.05, 0.1) is 22.5 Å². The monoisotopic (exact) mass is 850 g/mol. The molecule has 0 fully saturated rings. The summed E-state index contributed by atoms with van der Waals surface area (Å²) in [7, 11) is 0. The smallest absolute Gasteiger partial charge is 0.0714 e. The zero-order chi connectivity index (χ0) is 45.1. The van der Waals surface area contributed by atoms with Crippen LogP contribution in [-0.2, 0) is 39.9 Å². The van der Waals surface area contributed by atoms with Gasteiger partial charge in [-0.05, 0) is 182 Å². The van der Waals surface area contributed by atoms with Crippen LogP contribution in [0.1, 0.15) is 155 Å². The van der Waals surface area contributed by atoms with E-state index in [1.54, 1.807) is 0 Å². The largest absolute Gasteiger partial charge is 0.309 e. The molecule has 0 atom stereocenters. The Morgan fingerprint density at radius 3 is 1.40 bits per heavy atom. The number of rotatable bonds is 6. The minimum atomic E-state index is -0.535. The van der Waals surface area contributed by atoms with Gasteiger partial charge in [0.15, 0.2) is 0 Å². The third-order valence-electron chi connectivity index (χ3n) is 16.9. The summed E-state index contributed by atoms with van der Waals surface area (Å²) in [6.07, 6.45) is 9.48. The molecule has 7 aromatic rings. The summed E-state index contributed by atoms with van der Waals surface area (Å²) in [4.78, 5) is 2.81. The van der Waals surface area contributed by atoms with Crippen LogP contribution in [0, 0.1) is 6.92 Å². The van der Waals surface area contributed by atoms with Gasteiger partial charge in [0.25, 0.3) is 0 Å². The van der Waals surface area contributed by atoms with Crippen molar-refractivity contribution in [1.29, 1.82) is 0 Å². The maximum atomic E-state index is 2.81. The van der Waals surface area contributed by atoms with E-state index in [2.05, 4.69) is 213 Å². The summed E-state index contributed by atoms with van der Waals surface area (Å²) in [5.74, 6) is 0. The van der Waals surface area contributed by atoms with Crippen LogP contribution in [0.4, 0.5) is 17.1 Å². The number of benzene rings is 7. The molecule has 11 rings (SSSR count). The minimum absolute atomic E-state index is 0.0317. The highest BCUT2D eigenvalue weighted by atomic mass is 15.2. The van der Waals surface area contributed by atoms with Crippen molar-refractivity contribution >= 4 is 17.1 Å².